The number of amides is 1. The number of hydrogen-bond acceptors (Lipinski definition) is 7. The van der Waals surface area contributed by atoms with Crippen molar-refractivity contribution in [2.24, 2.45) is 7.05 Å². The molecular weight excluding hydrogens is 418 g/mol. The van der Waals surface area contributed by atoms with Gasteiger partial charge in [-0.1, -0.05) is 11.6 Å². The molecule has 0 saturated heterocycles. The number of aryl methyl sites for hydroxylation is 1. The molecule has 0 fully saturated rings. The molecule has 1 amide bonds. The lowest BCUT2D eigenvalue weighted by Gasteiger charge is -2.11. The van der Waals surface area contributed by atoms with Gasteiger partial charge in [0, 0.05) is 41.8 Å². The van der Waals surface area contributed by atoms with Crippen LogP contribution in [0.3, 0.4) is 0 Å². The van der Waals surface area contributed by atoms with Gasteiger partial charge in [0.15, 0.2) is 12.4 Å². The largest absolute Gasteiger partial charge is 0.482 e. The van der Waals surface area contributed by atoms with E-state index in [0.717, 1.165) is 5.69 Å². The van der Waals surface area contributed by atoms with E-state index in [-0.39, 0.29) is 18.6 Å². The zero-order chi connectivity index (χ0) is 22.5. The summed E-state index contributed by atoms with van der Waals surface area (Å²) in [7, 11) is 1.76. The highest BCUT2D eigenvalue weighted by molar-refractivity contribution is 6.32. The summed E-state index contributed by atoms with van der Waals surface area (Å²) in [6, 6.07) is 10.5. The molecule has 0 bridgehead atoms. The van der Waals surface area contributed by atoms with E-state index < -0.39 is 0 Å². The number of nitrogens with one attached hydrogen (secondary N) is 3. The van der Waals surface area contributed by atoms with E-state index in [9.17, 15) is 4.79 Å². The van der Waals surface area contributed by atoms with Crippen molar-refractivity contribution < 1.29 is 9.53 Å². The monoisotopic (exact) mass is 441 g/mol. The number of halogens is 1. The third kappa shape index (κ3) is 5.52. The fourth-order valence-electron chi connectivity index (χ4n) is 2.79. The first kappa shape index (κ1) is 22.1. The Morgan fingerprint density at radius 2 is 2.10 bits per heavy atom. The quantitative estimate of drug-likeness (QED) is 0.313. The predicted molar refractivity (Wildman–Crippen MR) is 122 cm³/mol. The molecule has 0 radical (unpaired) electrons. The molecule has 0 saturated carbocycles. The van der Waals surface area contributed by atoms with Crippen LogP contribution in [0.25, 0.3) is 11.4 Å². The first-order chi connectivity index (χ1) is 14.8. The van der Waals surface area contributed by atoms with Crippen LogP contribution in [0.1, 0.15) is 19.4 Å². The van der Waals surface area contributed by atoms with Gasteiger partial charge in [0.1, 0.15) is 5.75 Å². The highest BCUT2D eigenvalue weighted by Crippen LogP contribution is 2.30. The molecule has 0 spiro atoms. The number of nitrogens with two attached hydrogens (primary N) is 1. The highest BCUT2D eigenvalue weighted by atomic mass is 35.5. The summed E-state index contributed by atoms with van der Waals surface area (Å²) in [5.74, 6) is 1.17. The molecular formula is C21H24ClN7O2. The van der Waals surface area contributed by atoms with Gasteiger partial charge in [-0.2, -0.15) is 4.98 Å². The van der Waals surface area contributed by atoms with Gasteiger partial charge in [-0.15, -0.1) is 5.10 Å². The fraction of sp³-hybridized carbons (Fsp3) is 0.238. The van der Waals surface area contributed by atoms with Crippen LogP contribution in [0.4, 0.5) is 17.3 Å². The SMILES string of the molecule is CC(C)NC(=O)COc1ccc(-c2nc(Nc3ccc(N)c(C=N)c3)n(C)n2)cc1Cl. The van der Waals surface area contributed by atoms with E-state index in [1.807, 2.05) is 13.8 Å². The number of hydrogen-bond donors (Lipinski definition) is 4. The van der Waals surface area contributed by atoms with Gasteiger partial charge >= 0.3 is 0 Å². The Kier molecular flexibility index (Phi) is 6.76. The molecule has 2 aromatic carbocycles. The second kappa shape index (κ2) is 9.48. The van der Waals surface area contributed by atoms with Crippen LogP contribution in [0.2, 0.25) is 5.02 Å². The van der Waals surface area contributed by atoms with E-state index in [4.69, 9.17) is 27.5 Å². The van der Waals surface area contributed by atoms with Crippen LogP contribution < -0.4 is 21.1 Å². The van der Waals surface area contributed by atoms with Gasteiger partial charge in [-0.05, 0) is 50.2 Å². The topological polar surface area (TPSA) is 131 Å². The maximum Gasteiger partial charge on any atom is 0.258 e. The molecule has 0 aliphatic heterocycles. The van der Waals surface area contributed by atoms with Gasteiger partial charge in [0.25, 0.3) is 5.91 Å². The summed E-state index contributed by atoms with van der Waals surface area (Å²) in [6.45, 7) is 3.64. The molecule has 0 unspecified atom stereocenters. The van der Waals surface area contributed by atoms with Crippen molar-refractivity contribution in [2.75, 3.05) is 17.7 Å². The van der Waals surface area contributed by atoms with Crippen LogP contribution in [0, 0.1) is 5.41 Å². The number of anilines is 3. The van der Waals surface area contributed by atoms with Crippen LogP contribution in [-0.2, 0) is 11.8 Å². The molecule has 31 heavy (non-hydrogen) atoms. The van der Waals surface area contributed by atoms with E-state index in [0.29, 0.717) is 39.4 Å². The second-order valence-electron chi connectivity index (χ2n) is 7.15. The summed E-state index contributed by atoms with van der Waals surface area (Å²) in [4.78, 5) is 16.3. The average molecular weight is 442 g/mol. The Morgan fingerprint density at radius 3 is 2.77 bits per heavy atom. The third-order valence-electron chi connectivity index (χ3n) is 4.26. The zero-order valence-corrected chi connectivity index (χ0v) is 18.2. The Hall–Kier alpha value is -3.59. The number of nitrogens with zero attached hydrogens (tertiary/aromatic N) is 3. The average Bonchev–Trinajstić information content (AvgIpc) is 3.08. The van der Waals surface area contributed by atoms with Crippen molar-refractivity contribution in [2.45, 2.75) is 19.9 Å². The van der Waals surface area contributed by atoms with Crippen molar-refractivity contribution in [3.8, 4) is 17.1 Å². The number of nitrogen functional groups attached to an aromatic ring is 1. The third-order valence-corrected chi connectivity index (χ3v) is 4.56. The van der Waals surface area contributed by atoms with Crippen molar-refractivity contribution >= 4 is 41.0 Å². The number of carbonyl (C=O) groups excluding carboxylic acids is 1. The minimum absolute atomic E-state index is 0.0388. The Bertz CT molecular complexity index is 1110. The predicted octanol–water partition coefficient (Wildman–Crippen LogP) is 3.36. The first-order valence-electron chi connectivity index (χ1n) is 9.57. The summed E-state index contributed by atoms with van der Waals surface area (Å²) < 4.78 is 7.10. The van der Waals surface area contributed by atoms with Crippen LogP contribution in [-0.4, -0.2) is 39.5 Å². The van der Waals surface area contributed by atoms with Crippen molar-refractivity contribution in [1.82, 2.24) is 20.1 Å². The van der Waals surface area contributed by atoms with E-state index in [1.54, 1.807) is 48.1 Å². The molecule has 3 aromatic rings. The van der Waals surface area contributed by atoms with Gasteiger partial charge in [0.2, 0.25) is 5.95 Å². The number of ether oxygens (including phenoxy) is 1. The number of aromatic nitrogens is 3. The maximum absolute atomic E-state index is 11.7. The molecule has 0 atom stereocenters. The number of carbonyl (C=O) groups is 1. The van der Waals surface area contributed by atoms with Gasteiger partial charge in [-0.3, -0.25) is 4.79 Å². The maximum atomic E-state index is 11.7. The van der Waals surface area contributed by atoms with E-state index in [1.165, 1.54) is 6.21 Å². The molecule has 3 rings (SSSR count). The molecule has 0 aliphatic carbocycles. The summed E-state index contributed by atoms with van der Waals surface area (Å²) >= 11 is 6.33. The molecule has 1 heterocycles. The summed E-state index contributed by atoms with van der Waals surface area (Å²) in [6.07, 6.45) is 1.20. The summed E-state index contributed by atoms with van der Waals surface area (Å²) in [5.41, 5.74) is 8.40. The van der Waals surface area contributed by atoms with Crippen molar-refractivity contribution in [3.05, 3.63) is 47.0 Å². The highest BCUT2D eigenvalue weighted by Gasteiger charge is 2.13. The minimum Gasteiger partial charge on any atom is -0.482 e. The molecule has 0 aliphatic rings. The smallest absolute Gasteiger partial charge is 0.258 e. The first-order valence-corrected chi connectivity index (χ1v) is 9.94. The van der Waals surface area contributed by atoms with Gasteiger partial charge < -0.3 is 26.5 Å². The van der Waals surface area contributed by atoms with Crippen LogP contribution >= 0.6 is 11.6 Å². The van der Waals surface area contributed by atoms with Gasteiger partial charge in [0.05, 0.1) is 5.02 Å². The lowest BCUT2D eigenvalue weighted by Crippen LogP contribution is -2.34. The van der Waals surface area contributed by atoms with E-state index >= 15 is 0 Å². The molecule has 5 N–H and O–H groups in total. The minimum atomic E-state index is -0.217. The Morgan fingerprint density at radius 1 is 1.32 bits per heavy atom. The normalized spacial score (nSPS) is 10.7. The fourth-order valence-corrected chi connectivity index (χ4v) is 3.02. The lowest BCUT2D eigenvalue weighted by molar-refractivity contribution is -0.123. The molecule has 9 nitrogen and oxygen atoms in total. The van der Waals surface area contributed by atoms with Crippen LogP contribution in [0.5, 0.6) is 5.75 Å². The Balaban J connectivity index is 1.74. The summed E-state index contributed by atoms with van der Waals surface area (Å²) in [5, 5.41) is 18.1. The second-order valence-corrected chi connectivity index (χ2v) is 7.56. The number of rotatable bonds is 8. The zero-order valence-electron chi connectivity index (χ0n) is 17.4. The Labute approximate surface area is 185 Å². The molecule has 1 aromatic heterocycles. The van der Waals surface area contributed by atoms with Gasteiger partial charge in [-0.25, -0.2) is 4.68 Å². The van der Waals surface area contributed by atoms with Crippen molar-refractivity contribution in [3.63, 3.8) is 0 Å². The van der Waals surface area contributed by atoms with E-state index in [2.05, 4.69) is 20.7 Å². The van der Waals surface area contributed by atoms with Crippen molar-refractivity contribution in [1.29, 1.82) is 5.41 Å². The lowest BCUT2D eigenvalue weighted by atomic mass is 10.2. The van der Waals surface area contributed by atoms with Crippen LogP contribution in [0.15, 0.2) is 36.4 Å². The number of benzene rings is 2. The standard InChI is InChI=1S/C21H24ClN7O2/c1-12(2)25-19(30)11-31-18-7-4-13(9-16(18)22)20-27-21(29(3)28-20)26-15-5-6-17(24)14(8-15)10-23/h4-10,12,23H,11,24H2,1-3H3,(H,25,30)(H,26,27,28). The molecule has 10 heteroatoms. The molecule has 162 valence electrons.